The van der Waals surface area contributed by atoms with Crippen LogP contribution in [-0.2, 0) is 13.1 Å². The first-order valence-electron chi connectivity index (χ1n) is 7.37. The van der Waals surface area contributed by atoms with Gasteiger partial charge in [0.2, 0.25) is 0 Å². The number of carbonyl (C=O) groups is 1. The van der Waals surface area contributed by atoms with Gasteiger partial charge in [-0.05, 0) is 28.8 Å². The lowest BCUT2D eigenvalue weighted by Gasteiger charge is -2.20. The predicted octanol–water partition coefficient (Wildman–Crippen LogP) is 2.40. The van der Waals surface area contributed by atoms with E-state index in [4.69, 9.17) is 0 Å². The molecule has 4 nitrogen and oxygen atoms in total. The first kappa shape index (κ1) is 14.8. The van der Waals surface area contributed by atoms with Gasteiger partial charge < -0.3 is 10.0 Å². The summed E-state index contributed by atoms with van der Waals surface area (Å²) in [5, 5.41) is 10.4. The maximum atomic E-state index is 11.9. The molecule has 1 N–H and O–H groups in total. The number of fused-ring (bicyclic) bond motifs is 1. The first-order chi connectivity index (χ1) is 10.6. The molecule has 0 saturated carbocycles. The van der Waals surface area contributed by atoms with Crippen LogP contribution in [0.1, 0.15) is 33.3 Å². The molecule has 2 aromatic rings. The molecule has 22 heavy (non-hydrogen) atoms. The van der Waals surface area contributed by atoms with Gasteiger partial charge in [0.1, 0.15) is 6.23 Å². The summed E-state index contributed by atoms with van der Waals surface area (Å²) in [6, 6.07) is 15.6. The number of hydrogen-bond acceptors (Lipinski definition) is 3. The Morgan fingerprint density at radius 3 is 2.50 bits per heavy atom. The predicted molar refractivity (Wildman–Crippen MR) is 85.1 cm³/mol. The van der Waals surface area contributed by atoms with Crippen molar-refractivity contribution in [1.29, 1.82) is 0 Å². The molecule has 1 atom stereocenters. The number of hydrogen-bond donors (Lipinski definition) is 1. The van der Waals surface area contributed by atoms with Crippen molar-refractivity contribution in [2.24, 2.45) is 0 Å². The summed E-state index contributed by atoms with van der Waals surface area (Å²) >= 11 is 0. The number of amides is 1. The molecule has 0 aliphatic carbocycles. The number of benzene rings is 2. The fourth-order valence-electron chi connectivity index (χ4n) is 2.82. The second-order valence-electron chi connectivity index (χ2n) is 5.87. The highest BCUT2D eigenvalue weighted by Gasteiger charge is 2.27. The minimum atomic E-state index is -0.556. The van der Waals surface area contributed by atoms with Crippen LogP contribution in [0.25, 0.3) is 0 Å². The van der Waals surface area contributed by atoms with Crippen molar-refractivity contribution >= 4 is 5.91 Å². The first-order valence-corrected chi connectivity index (χ1v) is 7.37. The second-order valence-corrected chi connectivity index (χ2v) is 5.87. The lowest BCUT2D eigenvalue weighted by molar-refractivity contribution is 0.00768. The molecule has 0 saturated heterocycles. The van der Waals surface area contributed by atoms with Crippen molar-refractivity contribution in [2.75, 3.05) is 14.1 Å². The Balaban J connectivity index is 1.71. The molecule has 0 radical (unpaired) electrons. The van der Waals surface area contributed by atoms with Gasteiger partial charge in [-0.1, -0.05) is 36.4 Å². The van der Waals surface area contributed by atoms with E-state index in [0.29, 0.717) is 12.1 Å². The fourth-order valence-corrected chi connectivity index (χ4v) is 2.82. The Labute approximate surface area is 130 Å². The summed E-state index contributed by atoms with van der Waals surface area (Å²) in [7, 11) is 3.49. The smallest absolute Gasteiger partial charge is 0.253 e. The average Bonchev–Trinajstić information content (AvgIpc) is 2.84. The number of rotatable bonds is 3. The van der Waals surface area contributed by atoms with E-state index in [2.05, 4.69) is 6.07 Å². The molecule has 114 valence electrons. The molecule has 1 amide bonds. The largest absolute Gasteiger partial charge is 0.374 e. The van der Waals surface area contributed by atoms with Crippen molar-refractivity contribution in [3.63, 3.8) is 0 Å². The molecule has 1 aliphatic rings. The minimum absolute atomic E-state index is 0.000150. The maximum Gasteiger partial charge on any atom is 0.253 e. The monoisotopic (exact) mass is 296 g/mol. The van der Waals surface area contributed by atoms with Crippen LogP contribution >= 0.6 is 0 Å². The Morgan fingerprint density at radius 1 is 1.18 bits per heavy atom. The zero-order chi connectivity index (χ0) is 15.7. The highest BCUT2D eigenvalue weighted by molar-refractivity contribution is 5.93. The Bertz CT molecular complexity index is 680. The molecule has 4 heteroatoms. The van der Waals surface area contributed by atoms with Crippen molar-refractivity contribution in [2.45, 2.75) is 19.3 Å². The van der Waals surface area contributed by atoms with Gasteiger partial charge in [-0.15, -0.1) is 0 Å². The van der Waals surface area contributed by atoms with Crippen LogP contribution in [0.3, 0.4) is 0 Å². The van der Waals surface area contributed by atoms with Gasteiger partial charge in [-0.2, -0.15) is 0 Å². The summed E-state index contributed by atoms with van der Waals surface area (Å²) in [5.41, 5.74) is 3.93. The second kappa shape index (κ2) is 5.91. The van der Waals surface area contributed by atoms with E-state index in [1.807, 2.05) is 47.4 Å². The highest BCUT2D eigenvalue weighted by Crippen LogP contribution is 2.32. The van der Waals surface area contributed by atoms with Gasteiger partial charge in [0, 0.05) is 32.7 Å². The minimum Gasteiger partial charge on any atom is -0.374 e. The summed E-state index contributed by atoms with van der Waals surface area (Å²) in [6.07, 6.45) is -0.556. The summed E-state index contributed by atoms with van der Waals surface area (Å²) in [4.78, 5) is 15.5. The Kier molecular flexibility index (Phi) is 3.96. The quantitative estimate of drug-likeness (QED) is 0.946. The van der Waals surface area contributed by atoms with Gasteiger partial charge in [-0.25, -0.2) is 0 Å². The molecule has 3 rings (SSSR count). The Hall–Kier alpha value is -2.17. The van der Waals surface area contributed by atoms with Gasteiger partial charge in [0.25, 0.3) is 5.91 Å². The third-order valence-corrected chi connectivity index (χ3v) is 4.05. The number of aliphatic hydroxyl groups excluding tert-OH is 1. The summed E-state index contributed by atoms with van der Waals surface area (Å²) in [6.45, 7) is 1.40. The SMILES string of the molecule is CN(C)C(=O)c1ccc(CN2Cc3ccccc3C2O)cc1. The third-order valence-electron chi connectivity index (χ3n) is 4.05. The topological polar surface area (TPSA) is 43.8 Å². The lowest BCUT2D eigenvalue weighted by Crippen LogP contribution is -2.22. The van der Waals surface area contributed by atoms with Crippen LogP contribution < -0.4 is 0 Å². The van der Waals surface area contributed by atoms with Crippen molar-refractivity contribution in [1.82, 2.24) is 9.80 Å². The van der Waals surface area contributed by atoms with E-state index in [1.165, 1.54) is 5.56 Å². The van der Waals surface area contributed by atoms with E-state index in [9.17, 15) is 9.90 Å². The zero-order valence-corrected chi connectivity index (χ0v) is 12.9. The number of aliphatic hydroxyl groups is 1. The molecule has 2 aromatic carbocycles. The molecule has 1 unspecified atom stereocenters. The van der Waals surface area contributed by atoms with Crippen LogP contribution in [0.15, 0.2) is 48.5 Å². The van der Waals surface area contributed by atoms with Gasteiger partial charge >= 0.3 is 0 Å². The highest BCUT2D eigenvalue weighted by atomic mass is 16.3. The number of carbonyl (C=O) groups excluding carboxylic acids is 1. The average molecular weight is 296 g/mol. The maximum absolute atomic E-state index is 11.9. The van der Waals surface area contributed by atoms with Crippen LogP contribution in [0, 0.1) is 0 Å². The molecule has 0 bridgehead atoms. The molecular weight excluding hydrogens is 276 g/mol. The lowest BCUT2D eigenvalue weighted by atomic mass is 10.1. The van der Waals surface area contributed by atoms with Gasteiger partial charge in [-0.3, -0.25) is 9.69 Å². The molecule has 1 aliphatic heterocycles. The normalized spacial score (nSPS) is 17.3. The molecule has 0 fully saturated rings. The van der Waals surface area contributed by atoms with E-state index < -0.39 is 6.23 Å². The van der Waals surface area contributed by atoms with E-state index in [-0.39, 0.29) is 5.91 Å². The fraction of sp³-hybridized carbons (Fsp3) is 0.278. The standard InChI is InChI=1S/C18H20N2O2/c1-19(2)17(21)14-9-7-13(8-10-14)11-20-12-15-5-3-4-6-16(15)18(20)22/h3-10,18,22H,11-12H2,1-2H3. The van der Waals surface area contributed by atoms with E-state index in [1.54, 1.807) is 19.0 Å². The van der Waals surface area contributed by atoms with E-state index >= 15 is 0 Å². The van der Waals surface area contributed by atoms with Crippen LogP contribution in [-0.4, -0.2) is 34.9 Å². The molecule has 1 heterocycles. The van der Waals surface area contributed by atoms with Crippen molar-refractivity contribution in [3.05, 3.63) is 70.8 Å². The molecule has 0 spiro atoms. The number of nitrogens with zero attached hydrogens (tertiary/aromatic N) is 2. The third kappa shape index (κ3) is 2.75. The summed E-state index contributed by atoms with van der Waals surface area (Å²) in [5.74, 6) is 0.000150. The molecule has 0 aromatic heterocycles. The molecular formula is C18H20N2O2. The van der Waals surface area contributed by atoms with Crippen molar-refractivity contribution < 1.29 is 9.90 Å². The van der Waals surface area contributed by atoms with Crippen molar-refractivity contribution in [3.8, 4) is 0 Å². The van der Waals surface area contributed by atoms with Gasteiger partial charge in [0.05, 0.1) is 0 Å². The summed E-state index contributed by atoms with van der Waals surface area (Å²) < 4.78 is 0. The van der Waals surface area contributed by atoms with Crippen LogP contribution in [0.4, 0.5) is 0 Å². The zero-order valence-electron chi connectivity index (χ0n) is 12.9. The van der Waals surface area contributed by atoms with E-state index in [0.717, 1.165) is 17.7 Å². The van der Waals surface area contributed by atoms with Crippen LogP contribution in [0.5, 0.6) is 0 Å². The van der Waals surface area contributed by atoms with Crippen LogP contribution in [0.2, 0.25) is 0 Å². The Morgan fingerprint density at radius 2 is 1.86 bits per heavy atom. The van der Waals surface area contributed by atoms with Gasteiger partial charge in [0.15, 0.2) is 0 Å².